The van der Waals surface area contributed by atoms with Crippen LogP contribution in [0.4, 0.5) is 5.69 Å². The molecule has 0 aliphatic rings. The standard InChI is InChI=1S/C12H14N2O4S2/c1-18-11-4-2-9(8-13-11)14-20(16,17)12-5-3-10(19-12)6-7-15/h2-5,8,14-15H,6-7H2,1H3. The Bertz CT molecular complexity index is 665. The normalized spacial score (nSPS) is 11.3. The first-order valence-electron chi connectivity index (χ1n) is 5.77. The van der Waals surface area contributed by atoms with Crippen LogP contribution in [-0.2, 0) is 16.4 Å². The molecule has 2 heterocycles. The van der Waals surface area contributed by atoms with E-state index >= 15 is 0 Å². The molecule has 2 aromatic rings. The van der Waals surface area contributed by atoms with Gasteiger partial charge in [0.05, 0.1) is 19.0 Å². The number of rotatable bonds is 6. The minimum Gasteiger partial charge on any atom is -0.481 e. The van der Waals surface area contributed by atoms with Gasteiger partial charge in [-0.3, -0.25) is 4.72 Å². The molecule has 0 aromatic carbocycles. The summed E-state index contributed by atoms with van der Waals surface area (Å²) >= 11 is 1.14. The van der Waals surface area contributed by atoms with Gasteiger partial charge in [-0.1, -0.05) is 0 Å². The second-order valence-corrected chi connectivity index (χ2v) is 6.97. The summed E-state index contributed by atoms with van der Waals surface area (Å²) in [6.07, 6.45) is 1.84. The van der Waals surface area contributed by atoms with Crippen LogP contribution in [-0.4, -0.2) is 32.2 Å². The maximum atomic E-state index is 12.2. The summed E-state index contributed by atoms with van der Waals surface area (Å²) in [5.41, 5.74) is 0.364. The van der Waals surface area contributed by atoms with E-state index in [0.29, 0.717) is 18.0 Å². The van der Waals surface area contributed by atoms with E-state index in [2.05, 4.69) is 9.71 Å². The fourth-order valence-electron chi connectivity index (χ4n) is 1.51. The molecule has 0 bridgehead atoms. The Morgan fingerprint density at radius 1 is 1.35 bits per heavy atom. The zero-order valence-electron chi connectivity index (χ0n) is 10.7. The van der Waals surface area contributed by atoms with Crippen LogP contribution in [0, 0.1) is 0 Å². The molecule has 2 aromatic heterocycles. The third-order valence-electron chi connectivity index (χ3n) is 2.46. The molecular formula is C12H14N2O4S2. The van der Waals surface area contributed by atoms with Crippen molar-refractivity contribution in [3.05, 3.63) is 35.3 Å². The number of aliphatic hydroxyl groups excluding tert-OH is 1. The van der Waals surface area contributed by atoms with Gasteiger partial charge < -0.3 is 9.84 Å². The average Bonchev–Trinajstić information content (AvgIpc) is 2.89. The number of nitrogens with zero attached hydrogens (tertiary/aromatic N) is 1. The average molecular weight is 314 g/mol. The summed E-state index contributed by atoms with van der Waals surface area (Å²) in [6, 6.07) is 6.37. The number of nitrogens with one attached hydrogen (secondary N) is 1. The third kappa shape index (κ3) is 3.47. The SMILES string of the molecule is COc1ccc(NS(=O)(=O)c2ccc(CCO)s2)cn1. The number of sulfonamides is 1. The smallest absolute Gasteiger partial charge is 0.271 e. The Labute approximate surface area is 121 Å². The molecule has 20 heavy (non-hydrogen) atoms. The molecule has 108 valence electrons. The monoisotopic (exact) mass is 314 g/mol. The van der Waals surface area contributed by atoms with Crippen molar-refractivity contribution in [2.24, 2.45) is 0 Å². The van der Waals surface area contributed by atoms with Crippen LogP contribution in [0.1, 0.15) is 4.88 Å². The van der Waals surface area contributed by atoms with E-state index in [-0.39, 0.29) is 10.8 Å². The molecule has 0 aliphatic heterocycles. The van der Waals surface area contributed by atoms with Crippen LogP contribution in [0.15, 0.2) is 34.7 Å². The lowest BCUT2D eigenvalue weighted by Crippen LogP contribution is -2.11. The molecule has 0 fully saturated rings. The van der Waals surface area contributed by atoms with Gasteiger partial charge in [0.2, 0.25) is 5.88 Å². The van der Waals surface area contributed by atoms with Crippen molar-refractivity contribution in [3.63, 3.8) is 0 Å². The van der Waals surface area contributed by atoms with E-state index < -0.39 is 10.0 Å². The first-order valence-corrected chi connectivity index (χ1v) is 8.07. The van der Waals surface area contributed by atoms with Gasteiger partial charge in [-0.05, 0) is 18.2 Å². The van der Waals surface area contributed by atoms with E-state index in [0.717, 1.165) is 16.2 Å². The summed E-state index contributed by atoms with van der Waals surface area (Å²) in [5.74, 6) is 0.411. The molecule has 6 nitrogen and oxygen atoms in total. The van der Waals surface area contributed by atoms with Crippen LogP contribution in [0.3, 0.4) is 0 Å². The predicted octanol–water partition coefficient (Wildman–Crippen LogP) is 1.49. The van der Waals surface area contributed by atoms with Crippen LogP contribution in [0.25, 0.3) is 0 Å². The summed E-state index contributed by atoms with van der Waals surface area (Å²) in [7, 11) is -2.14. The number of thiophene rings is 1. The molecule has 8 heteroatoms. The van der Waals surface area contributed by atoms with E-state index in [1.165, 1.54) is 19.4 Å². The zero-order chi connectivity index (χ0) is 14.6. The molecule has 2 rings (SSSR count). The first kappa shape index (κ1) is 14.8. The van der Waals surface area contributed by atoms with Crippen LogP contribution in [0.2, 0.25) is 0 Å². The molecule has 0 amide bonds. The molecule has 0 spiro atoms. The van der Waals surface area contributed by atoms with E-state index in [4.69, 9.17) is 9.84 Å². The molecule has 0 radical (unpaired) electrons. The van der Waals surface area contributed by atoms with Gasteiger partial charge in [-0.25, -0.2) is 13.4 Å². The van der Waals surface area contributed by atoms with E-state index in [1.54, 1.807) is 18.2 Å². The lowest BCUT2D eigenvalue weighted by Gasteiger charge is -2.06. The van der Waals surface area contributed by atoms with Gasteiger partial charge >= 0.3 is 0 Å². The number of methoxy groups -OCH3 is 1. The molecule has 2 N–H and O–H groups in total. The third-order valence-corrected chi connectivity index (χ3v) is 5.48. The van der Waals surface area contributed by atoms with Crippen LogP contribution in [0.5, 0.6) is 5.88 Å². The topological polar surface area (TPSA) is 88.5 Å². The molecule has 0 atom stereocenters. The van der Waals surface area contributed by atoms with Crippen molar-refractivity contribution in [1.29, 1.82) is 0 Å². The van der Waals surface area contributed by atoms with E-state index in [9.17, 15) is 8.42 Å². The van der Waals surface area contributed by atoms with Gasteiger partial charge in [-0.2, -0.15) is 0 Å². The van der Waals surface area contributed by atoms with Crippen molar-refractivity contribution >= 4 is 27.0 Å². The molecule has 0 unspecified atom stereocenters. The second-order valence-electron chi connectivity index (χ2n) is 3.89. The summed E-state index contributed by atoms with van der Waals surface area (Å²) in [6.45, 7) is -0.00414. The fraction of sp³-hybridized carbons (Fsp3) is 0.250. The largest absolute Gasteiger partial charge is 0.481 e. The zero-order valence-corrected chi connectivity index (χ0v) is 12.4. The minimum atomic E-state index is -3.62. The maximum Gasteiger partial charge on any atom is 0.271 e. The number of aromatic nitrogens is 1. The number of ether oxygens (including phenoxy) is 1. The number of hydrogen-bond acceptors (Lipinski definition) is 6. The summed E-state index contributed by atoms with van der Waals surface area (Å²) in [4.78, 5) is 4.75. The molecule has 0 saturated heterocycles. The van der Waals surface area contributed by atoms with Gasteiger partial charge in [-0.15, -0.1) is 11.3 Å². The Hall–Kier alpha value is -1.64. The van der Waals surface area contributed by atoms with Crippen molar-refractivity contribution < 1.29 is 18.3 Å². The Morgan fingerprint density at radius 3 is 2.75 bits per heavy atom. The number of hydrogen-bond donors (Lipinski definition) is 2. The fourth-order valence-corrected chi connectivity index (χ4v) is 3.90. The van der Waals surface area contributed by atoms with Crippen molar-refractivity contribution in [3.8, 4) is 5.88 Å². The van der Waals surface area contributed by atoms with Gasteiger partial charge in [0.1, 0.15) is 4.21 Å². The molecule has 0 saturated carbocycles. The minimum absolute atomic E-state index is 0.00414. The van der Waals surface area contributed by atoms with Gasteiger partial charge in [0, 0.05) is 24.0 Å². The highest BCUT2D eigenvalue weighted by molar-refractivity contribution is 7.94. The van der Waals surface area contributed by atoms with Gasteiger partial charge in [0.15, 0.2) is 0 Å². The van der Waals surface area contributed by atoms with Crippen molar-refractivity contribution in [2.45, 2.75) is 10.6 Å². The maximum absolute atomic E-state index is 12.2. The van der Waals surface area contributed by atoms with Crippen LogP contribution >= 0.6 is 11.3 Å². The summed E-state index contributed by atoms with van der Waals surface area (Å²) in [5, 5.41) is 8.84. The Kier molecular flexibility index (Phi) is 4.58. The van der Waals surface area contributed by atoms with Crippen LogP contribution < -0.4 is 9.46 Å². The molecular weight excluding hydrogens is 300 g/mol. The van der Waals surface area contributed by atoms with Gasteiger partial charge in [0.25, 0.3) is 10.0 Å². The lowest BCUT2D eigenvalue weighted by molar-refractivity contribution is 0.300. The second kappa shape index (κ2) is 6.21. The number of anilines is 1. The van der Waals surface area contributed by atoms with Crippen molar-refractivity contribution in [1.82, 2.24) is 4.98 Å². The number of aliphatic hydroxyl groups is 1. The molecule has 0 aliphatic carbocycles. The first-order chi connectivity index (χ1) is 9.55. The Morgan fingerprint density at radius 2 is 2.15 bits per heavy atom. The highest BCUT2D eigenvalue weighted by Crippen LogP contribution is 2.24. The number of pyridine rings is 1. The quantitative estimate of drug-likeness (QED) is 0.843. The Balaban J connectivity index is 2.16. The van der Waals surface area contributed by atoms with Crippen molar-refractivity contribution in [2.75, 3.05) is 18.4 Å². The highest BCUT2D eigenvalue weighted by Gasteiger charge is 2.17. The highest BCUT2D eigenvalue weighted by atomic mass is 32.2. The predicted molar refractivity (Wildman–Crippen MR) is 76.7 cm³/mol. The summed E-state index contributed by atoms with van der Waals surface area (Å²) < 4.78 is 31.9. The van der Waals surface area contributed by atoms with E-state index in [1.807, 2.05) is 0 Å². The lowest BCUT2D eigenvalue weighted by atomic mass is 10.4.